The zero-order valence-corrected chi connectivity index (χ0v) is 11.7. The lowest BCUT2D eigenvalue weighted by molar-refractivity contribution is 0.000596. The van der Waals surface area contributed by atoms with E-state index in [1.54, 1.807) is 19.2 Å². The summed E-state index contributed by atoms with van der Waals surface area (Å²) in [6.45, 7) is 3.96. The van der Waals surface area contributed by atoms with Crippen LogP contribution in [0.5, 0.6) is 0 Å². The number of pyridine rings is 1. The van der Waals surface area contributed by atoms with Gasteiger partial charge in [-0.05, 0) is 44.6 Å². The van der Waals surface area contributed by atoms with Crippen LogP contribution in [0.25, 0.3) is 0 Å². The Morgan fingerprint density at radius 3 is 2.95 bits per heavy atom. The van der Waals surface area contributed by atoms with Gasteiger partial charge in [-0.3, -0.25) is 4.98 Å². The molecule has 104 valence electrons. The van der Waals surface area contributed by atoms with Gasteiger partial charge in [0.2, 0.25) is 0 Å². The minimum Gasteiger partial charge on any atom is -0.458 e. The quantitative estimate of drug-likeness (QED) is 0.850. The van der Waals surface area contributed by atoms with Crippen molar-refractivity contribution < 1.29 is 9.53 Å². The predicted octanol–water partition coefficient (Wildman–Crippen LogP) is 3.10. The largest absolute Gasteiger partial charge is 0.458 e. The normalized spacial score (nSPS) is 23.1. The van der Waals surface area contributed by atoms with Crippen molar-refractivity contribution in [3.8, 4) is 0 Å². The van der Waals surface area contributed by atoms with Crippen LogP contribution in [0.4, 0.5) is 5.69 Å². The third-order valence-corrected chi connectivity index (χ3v) is 3.95. The molecule has 1 saturated carbocycles. The van der Waals surface area contributed by atoms with Crippen molar-refractivity contribution in [1.29, 1.82) is 0 Å². The first-order chi connectivity index (χ1) is 9.11. The van der Waals surface area contributed by atoms with Gasteiger partial charge in [0.05, 0.1) is 23.1 Å². The fourth-order valence-corrected chi connectivity index (χ4v) is 2.75. The molecule has 0 saturated heterocycles. The topological polar surface area (TPSA) is 65.2 Å². The number of carbonyl (C=O) groups excluding carboxylic acids is 1. The maximum Gasteiger partial charge on any atom is 0.340 e. The number of hydrogen-bond acceptors (Lipinski definition) is 4. The number of hydrogen-bond donors (Lipinski definition) is 1. The molecule has 1 heterocycles. The molecule has 0 aromatic carbocycles. The monoisotopic (exact) mass is 262 g/mol. The van der Waals surface area contributed by atoms with Gasteiger partial charge in [0.15, 0.2) is 0 Å². The average Bonchev–Trinajstić information content (AvgIpc) is 2.42. The van der Waals surface area contributed by atoms with E-state index in [0.717, 1.165) is 25.7 Å². The van der Waals surface area contributed by atoms with Crippen LogP contribution in [0.1, 0.15) is 55.1 Å². The van der Waals surface area contributed by atoms with Crippen molar-refractivity contribution in [3.63, 3.8) is 0 Å². The fourth-order valence-electron chi connectivity index (χ4n) is 2.75. The van der Waals surface area contributed by atoms with Gasteiger partial charge in [-0.15, -0.1) is 0 Å². The lowest BCUT2D eigenvalue weighted by Crippen LogP contribution is -2.30. The second kappa shape index (κ2) is 6.04. The Bertz CT molecular complexity index is 459. The van der Waals surface area contributed by atoms with Crippen molar-refractivity contribution in [3.05, 3.63) is 23.5 Å². The van der Waals surface area contributed by atoms with E-state index in [-0.39, 0.29) is 12.1 Å². The van der Waals surface area contributed by atoms with Crippen LogP contribution in [-0.4, -0.2) is 17.1 Å². The zero-order chi connectivity index (χ0) is 13.8. The van der Waals surface area contributed by atoms with Crippen LogP contribution in [0, 0.1) is 12.8 Å². The van der Waals surface area contributed by atoms with Crippen molar-refractivity contribution in [2.75, 3.05) is 5.73 Å². The molecule has 19 heavy (non-hydrogen) atoms. The van der Waals surface area contributed by atoms with Crippen molar-refractivity contribution in [2.45, 2.75) is 52.1 Å². The van der Waals surface area contributed by atoms with E-state index in [2.05, 4.69) is 11.9 Å². The highest BCUT2D eigenvalue weighted by molar-refractivity contribution is 5.91. The molecule has 1 aliphatic rings. The number of nitrogens with zero attached hydrogens (tertiary/aromatic N) is 1. The second-order valence-electron chi connectivity index (χ2n) is 5.30. The summed E-state index contributed by atoms with van der Waals surface area (Å²) in [6, 6.07) is 1.65. The fraction of sp³-hybridized carbons (Fsp3) is 0.600. The van der Waals surface area contributed by atoms with E-state index in [0.29, 0.717) is 22.9 Å². The molecule has 0 bridgehead atoms. The van der Waals surface area contributed by atoms with Gasteiger partial charge in [0.1, 0.15) is 6.10 Å². The minimum atomic E-state index is -0.289. The first-order valence-corrected chi connectivity index (χ1v) is 7.05. The maximum absolute atomic E-state index is 12.2. The molecule has 2 rings (SSSR count). The number of nitrogen functional groups attached to an aromatic ring is 1. The van der Waals surface area contributed by atoms with E-state index >= 15 is 0 Å². The van der Waals surface area contributed by atoms with Crippen LogP contribution in [-0.2, 0) is 4.74 Å². The van der Waals surface area contributed by atoms with Gasteiger partial charge in [0.25, 0.3) is 0 Å². The summed E-state index contributed by atoms with van der Waals surface area (Å²) in [5.41, 5.74) is 7.33. The van der Waals surface area contributed by atoms with Gasteiger partial charge < -0.3 is 10.5 Å². The van der Waals surface area contributed by atoms with Crippen LogP contribution < -0.4 is 5.73 Å². The molecular formula is C15H22N2O2. The Kier molecular flexibility index (Phi) is 4.40. The molecule has 4 nitrogen and oxygen atoms in total. The Balaban J connectivity index is 2.09. The van der Waals surface area contributed by atoms with Crippen LogP contribution in [0.15, 0.2) is 12.3 Å². The molecule has 1 fully saturated rings. The molecule has 4 heteroatoms. The first kappa shape index (κ1) is 13.8. The van der Waals surface area contributed by atoms with E-state index < -0.39 is 0 Å². The number of esters is 1. The maximum atomic E-state index is 12.2. The smallest absolute Gasteiger partial charge is 0.340 e. The van der Waals surface area contributed by atoms with Gasteiger partial charge in [-0.25, -0.2) is 4.79 Å². The minimum absolute atomic E-state index is 0.0482. The standard InChI is InChI=1S/C15H22N2O2/c1-3-11-6-4-5-7-14(11)19-15(18)13-8-12(16)9-17-10(13)2/h8-9,11,14H,3-7,16H2,1-2H3. The molecule has 0 amide bonds. The lowest BCUT2D eigenvalue weighted by atomic mass is 9.85. The zero-order valence-electron chi connectivity index (χ0n) is 11.7. The highest BCUT2D eigenvalue weighted by Crippen LogP contribution is 2.30. The summed E-state index contributed by atoms with van der Waals surface area (Å²) in [7, 11) is 0. The van der Waals surface area contributed by atoms with Crippen LogP contribution >= 0.6 is 0 Å². The Hall–Kier alpha value is -1.58. The number of rotatable bonds is 3. The molecule has 1 aromatic rings. The summed E-state index contributed by atoms with van der Waals surface area (Å²) in [5.74, 6) is 0.203. The molecule has 0 spiro atoms. The molecule has 0 aliphatic heterocycles. The number of anilines is 1. The number of aryl methyl sites for hydroxylation is 1. The van der Waals surface area contributed by atoms with Gasteiger partial charge in [-0.2, -0.15) is 0 Å². The molecule has 1 aliphatic carbocycles. The summed E-state index contributed by atoms with van der Waals surface area (Å²) in [4.78, 5) is 16.3. The number of carbonyl (C=O) groups is 1. The highest BCUT2D eigenvalue weighted by Gasteiger charge is 2.27. The average molecular weight is 262 g/mol. The van der Waals surface area contributed by atoms with Gasteiger partial charge >= 0.3 is 5.97 Å². The van der Waals surface area contributed by atoms with E-state index in [4.69, 9.17) is 10.5 Å². The van der Waals surface area contributed by atoms with E-state index in [1.807, 2.05) is 0 Å². The van der Waals surface area contributed by atoms with Crippen LogP contribution in [0.2, 0.25) is 0 Å². The molecule has 1 aromatic heterocycles. The number of aromatic nitrogens is 1. The van der Waals surface area contributed by atoms with E-state index in [9.17, 15) is 4.79 Å². The number of nitrogens with two attached hydrogens (primary N) is 1. The van der Waals surface area contributed by atoms with Crippen molar-refractivity contribution in [2.24, 2.45) is 5.92 Å². The summed E-state index contributed by atoms with van der Waals surface area (Å²) in [5, 5.41) is 0. The molecule has 2 atom stereocenters. The molecule has 2 unspecified atom stereocenters. The molecular weight excluding hydrogens is 240 g/mol. The van der Waals surface area contributed by atoms with Gasteiger partial charge in [0, 0.05) is 0 Å². The Morgan fingerprint density at radius 1 is 1.47 bits per heavy atom. The Labute approximate surface area is 114 Å². The van der Waals surface area contributed by atoms with Gasteiger partial charge in [-0.1, -0.05) is 13.3 Å². The summed E-state index contributed by atoms with van der Waals surface area (Å²) >= 11 is 0. The predicted molar refractivity (Wildman–Crippen MR) is 74.8 cm³/mol. The number of ether oxygens (including phenoxy) is 1. The van der Waals surface area contributed by atoms with Crippen LogP contribution in [0.3, 0.4) is 0 Å². The van der Waals surface area contributed by atoms with Crippen molar-refractivity contribution in [1.82, 2.24) is 4.98 Å². The first-order valence-electron chi connectivity index (χ1n) is 7.05. The van der Waals surface area contributed by atoms with E-state index in [1.165, 1.54) is 6.42 Å². The lowest BCUT2D eigenvalue weighted by Gasteiger charge is -2.30. The third-order valence-electron chi connectivity index (χ3n) is 3.95. The third kappa shape index (κ3) is 3.25. The Morgan fingerprint density at radius 2 is 2.21 bits per heavy atom. The SMILES string of the molecule is CCC1CCCCC1OC(=O)c1cc(N)cnc1C. The summed E-state index contributed by atoms with van der Waals surface area (Å²) < 4.78 is 5.68. The molecule has 2 N–H and O–H groups in total. The highest BCUT2D eigenvalue weighted by atomic mass is 16.5. The summed E-state index contributed by atoms with van der Waals surface area (Å²) in [6.07, 6.45) is 7.18. The van der Waals surface area contributed by atoms with Crippen molar-refractivity contribution >= 4 is 11.7 Å². The molecule has 0 radical (unpaired) electrons. The second-order valence-corrected chi connectivity index (χ2v) is 5.30.